The van der Waals surface area contributed by atoms with Gasteiger partial charge in [-0.1, -0.05) is 117 Å². The molecule has 3 aromatic heterocycles. The van der Waals surface area contributed by atoms with Crippen LogP contribution in [0.15, 0.2) is 158 Å². The summed E-state index contributed by atoms with van der Waals surface area (Å²) in [5.41, 5.74) is 17.2. The summed E-state index contributed by atoms with van der Waals surface area (Å²) in [6.45, 7) is 4.77. The lowest BCUT2D eigenvalue weighted by molar-refractivity contribution is -0.925. The number of pyridine rings is 2. The molecular formula is C50H32N4O+2. The second-order valence-electron chi connectivity index (χ2n) is 16.1. The number of hydrogen-bond donors (Lipinski definition) is 0. The number of nitrogens with zero attached hydrogens (tertiary/aromatic N) is 4. The third kappa shape index (κ3) is 3.01. The number of benzene rings is 6. The van der Waals surface area contributed by atoms with E-state index in [9.17, 15) is 0 Å². The average molecular weight is 705 g/mol. The zero-order valence-electron chi connectivity index (χ0n) is 30.2. The first-order valence-electron chi connectivity index (χ1n) is 19.2. The van der Waals surface area contributed by atoms with Crippen molar-refractivity contribution in [3.63, 3.8) is 0 Å². The summed E-state index contributed by atoms with van der Waals surface area (Å²) < 4.78 is 15.0. The maximum atomic E-state index is 7.15. The van der Waals surface area contributed by atoms with E-state index < -0.39 is 5.66 Å². The molecule has 9 aromatic rings. The van der Waals surface area contributed by atoms with E-state index in [1.807, 2.05) is 0 Å². The number of ether oxygens (including phenoxy) is 1. The van der Waals surface area contributed by atoms with Gasteiger partial charge in [-0.3, -0.25) is 0 Å². The van der Waals surface area contributed by atoms with E-state index in [1.165, 1.54) is 89.2 Å². The summed E-state index contributed by atoms with van der Waals surface area (Å²) in [6.07, 6.45) is 0. The van der Waals surface area contributed by atoms with Gasteiger partial charge in [-0.2, -0.15) is 18.6 Å². The Morgan fingerprint density at radius 2 is 1.25 bits per heavy atom. The van der Waals surface area contributed by atoms with E-state index in [0.29, 0.717) is 0 Å². The Labute approximate surface area is 317 Å². The van der Waals surface area contributed by atoms with Crippen LogP contribution in [0.1, 0.15) is 36.1 Å². The van der Waals surface area contributed by atoms with Crippen LogP contribution >= 0.6 is 0 Å². The van der Waals surface area contributed by atoms with Crippen molar-refractivity contribution in [3.05, 3.63) is 180 Å². The highest BCUT2D eigenvalue weighted by molar-refractivity contribution is 6.14. The first-order chi connectivity index (χ1) is 27.1. The van der Waals surface area contributed by atoms with E-state index in [0.717, 1.165) is 23.0 Å². The van der Waals surface area contributed by atoms with Crippen LogP contribution in [0.5, 0.6) is 11.5 Å². The predicted octanol–water partition coefficient (Wildman–Crippen LogP) is 10.8. The van der Waals surface area contributed by atoms with Crippen LogP contribution < -0.4 is 18.8 Å². The Balaban J connectivity index is 1.29. The highest BCUT2D eigenvalue weighted by Crippen LogP contribution is 2.64. The first kappa shape index (κ1) is 28.5. The summed E-state index contributed by atoms with van der Waals surface area (Å²) in [5, 5.41) is 2.51. The van der Waals surface area contributed by atoms with Crippen LogP contribution in [0.3, 0.4) is 0 Å². The number of rotatable bonds is 2. The summed E-state index contributed by atoms with van der Waals surface area (Å²) in [5.74, 6) is 2.95. The molecule has 256 valence electrons. The second-order valence-corrected chi connectivity index (χ2v) is 16.1. The van der Waals surface area contributed by atoms with Gasteiger partial charge in [0.1, 0.15) is 39.5 Å². The maximum Gasteiger partial charge on any atom is 0.323 e. The molecule has 0 N–H and O–H groups in total. The standard InChI is InChI=1S/C50H32N4O/c1-49(2)34-19-10-12-21-37(34)52-43-27-31(29-14-5-3-6-15-29)26-39-40-28-33(30-16-7-4-8-17-30)44-32-18-9-11-20-36(32)51-38-22-13-23-41-45(38)50(53(39)43,54(40)48(44)51)46-42(55-41)25-24-35(49)47(46)52/h3-28H,1-2H3/q+2. The monoisotopic (exact) mass is 704 g/mol. The van der Waals surface area contributed by atoms with Crippen molar-refractivity contribution in [1.82, 2.24) is 4.57 Å². The Morgan fingerprint density at radius 1 is 0.545 bits per heavy atom. The Morgan fingerprint density at radius 3 is 2.11 bits per heavy atom. The summed E-state index contributed by atoms with van der Waals surface area (Å²) >= 11 is 0. The van der Waals surface area contributed by atoms with Gasteiger partial charge in [0, 0.05) is 33.6 Å². The lowest BCUT2D eigenvalue weighted by Crippen LogP contribution is -2.75. The quantitative estimate of drug-likeness (QED) is 0.167. The number of hydrogen-bond acceptors (Lipinski definition) is 2. The van der Waals surface area contributed by atoms with Gasteiger partial charge in [-0.25, -0.2) is 0 Å². The van der Waals surface area contributed by atoms with Gasteiger partial charge in [0.25, 0.3) is 5.82 Å². The average Bonchev–Trinajstić information content (AvgIpc) is 3.72. The highest BCUT2D eigenvalue weighted by atomic mass is 16.5. The number of aromatic nitrogens is 3. The molecule has 1 spiro atoms. The Kier molecular flexibility index (Phi) is 4.77. The maximum absolute atomic E-state index is 7.15. The molecule has 1 atom stereocenters. The van der Waals surface area contributed by atoms with Crippen molar-refractivity contribution in [2.45, 2.75) is 24.9 Å². The molecular weight excluding hydrogens is 673 g/mol. The second kappa shape index (κ2) is 9.20. The summed E-state index contributed by atoms with van der Waals surface area (Å²) in [7, 11) is 0. The van der Waals surface area contributed by atoms with Crippen molar-refractivity contribution in [2.24, 2.45) is 0 Å². The van der Waals surface area contributed by atoms with Gasteiger partial charge in [0.15, 0.2) is 17.1 Å². The van der Waals surface area contributed by atoms with Crippen molar-refractivity contribution < 1.29 is 13.9 Å². The van der Waals surface area contributed by atoms with Gasteiger partial charge in [0.2, 0.25) is 0 Å². The van der Waals surface area contributed by atoms with Crippen LogP contribution in [-0.2, 0) is 11.1 Å². The first-order valence-corrected chi connectivity index (χ1v) is 19.2. The molecule has 55 heavy (non-hydrogen) atoms. The Hall–Kier alpha value is -6.98. The molecule has 5 heteroatoms. The Bertz CT molecular complexity index is 3270. The van der Waals surface area contributed by atoms with Gasteiger partial charge < -0.3 is 4.74 Å². The molecule has 6 aromatic carbocycles. The third-order valence-electron chi connectivity index (χ3n) is 13.2. The third-order valence-corrected chi connectivity index (χ3v) is 13.2. The van der Waals surface area contributed by atoms with Crippen molar-refractivity contribution >= 4 is 39.1 Å². The van der Waals surface area contributed by atoms with E-state index in [-0.39, 0.29) is 5.41 Å². The fourth-order valence-corrected chi connectivity index (χ4v) is 11.1. The van der Waals surface area contributed by atoms with Crippen molar-refractivity contribution in [1.29, 1.82) is 0 Å². The lowest BCUT2D eigenvalue weighted by atomic mass is 9.70. The van der Waals surface area contributed by atoms with E-state index >= 15 is 0 Å². The lowest BCUT2D eigenvalue weighted by Gasteiger charge is -2.46. The molecule has 0 saturated carbocycles. The van der Waals surface area contributed by atoms with Crippen LogP contribution in [-0.4, -0.2) is 4.57 Å². The normalized spacial score (nSPS) is 17.6. The fraction of sp³-hybridized carbons (Fsp3) is 0.0800. The number of para-hydroxylation sites is 2. The van der Waals surface area contributed by atoms with Crippen LogP contribution in [0.4, 0.5) is 17.2 Å². The van der Waals surface area contributed by atoms with Crippen molar-refractivity contribution in [2.75, 3.05) is 4.90 Å². The van der Waals surface area contributed by atoms with Gasteiger partial charge >= 0.3 is 11.3 Å². The topological polar surface area (TPSA) is 25.2 Å². The van der Waals surface area contributed by atoms with Gasteiger partial charge in [-0.15, -0.1) is 0 Å². The molecule has 14 rings (SSSR count). The minimum Gasteiger partial charge on any atom is -0.456 e. The van der Waals surface area contributed by atoms with Crippen LogP contribution in [0.25, 0.3) is 61.3 Å². The highest BCUT2D eigenvalue weighted by Gasteiger charge is 2.71. The molecule has 0 bridgehead atoms. The largest absolute Gasteiger partial charge is 0.456 e. The fourth-order valence-electron chi connectivity index (χ4n) is 11.1. The van der Waals surface area contributed by atoms with Gasteiger partial charge in [0.05, 0.1) is 5.39 Å². The minimum atomic E-state index is -0.753. The van der Waals surface area contributed by atoms with E-state index in [1.54, 1.807) is 0 Å². The minimum absolute atomic E-state index is 0.252. The SMILES string of the molecule is CC1(C)c2ccccc2N2c3c1ccc1c3C34c5c(cccc5-n5c6ccccc6c6c(-c7ccccc7)cc([n+]3c65)-c3cc(-c5ccccc5)cc2[n+]34)O1. The number of fused-ring (bicyclic) bond motifs is 8. The molecule has 8 heterocycles. The summed E-state index contributed by atoms with van der Waals surface area (Å²) in [4.78, 5) is 2.55. The summed E-state index contributed by atoms with van der Waals surface area (Å²) in [6, 6.07) is 58.3. The molecule has 5 nitrogen and oxygen atoms in total. The molecule has 0 radical (unpaired) electrons. The zero-order valence-corrected chi connectivity index (χ0v) is 30.2. The van der Waals surface area contributed by atoms with Crippen LogP contribution in [0, 0.1) is 0 Å². The van der Waals surface area contributed by atoms with Crippen LogP contribution in [0.2, 0.25) is 0 Å². The zero-order chi connectivity index (χ0) is 35.9. The molecule has 0 saturated heterocycles. The molecule has 0 fully saturated rings. The van der Waals surface area contributed by atoms with E-state index in [4.69, 9.17) is 4.74 Å². The number of anilines is 3. The molecule has 0 aliphatic carbocycles. The van der Waals surface area contributed by atoms with E-state index in [2.05, 4.69) is 190 Å². The van der Waals surface area contributed by atoms with Gasteiger partial charge in [-0.05, 0) is 65.2 Å². The predicted molar refractivity (Wildman–Crippen MR) is 216 cm³/mol. The molecule has 5 aliphatic rings. The van der Waals surface area contributed by atoms with Crippen molar-refractivity contribution in [3.8, 4) is 50.8 Å². The smallest absolute Gasteiger partial charge is 0.323 e. The molecule has 5 aliphatic heterocycles. The molecule has 1 unspecified atom stereocenters. The molecule has 0 amide bonds.